The number of carbonyl (C=O) groups excluding carboxylic acids is 1. The van der Waals surface area contributed by atoms with Crippen LogP contribution in [0.25, 0.3) is 0 Å². The molecule has 2 aromatic rings. The van der Waals surface area contributed by atoms with Gasteiger partial charge in [0.15, 0.2) is 9.84 Å². The zero-order chi connectivity index (χ0) is 20.9. The number of hydrogen-bond donors (Lipinski definition) is 0. The van der Waals surface area contributed by atoms with Gasteiger partial charge in [0.1, 0.15) is 6.61 Å². The molecular weight excluding hydrogens is 386 g/mol. The van der Waals surface area contributed by atoms with Crippen LogP contribution in [-0.2, 0) is 26.9 Å². The summed E-state index contributed by atoms with van der Waals surface area (Å²) in [4.78, 5) is 14.9. The van der Waals surface area contributed by atoms with Crippen molar-refractivity contribution in [1.82, 2.24) is 4.90 Å². The first-order valence-corrected chi connectivity index (χ1v) is 12.0. The Morgan fingerprint density at radius 2 is 1.72 bits per heavy atom. The number of piperidine rings is 1. The van der Waals surface area contributed by atoms with Gasteiger partial charge in [-0.3, -0.25) is 4.90 Å². The summed E-state index contributed by atoms with van der Waals surface area (Å²) < 4.78 is 28.5. The lowest BCUT2D eigenvalue weighted by Crippen LogP contribution is -2.52. The van der Waals surface area contributed by atoms with Gasteiger partial charge in [-0.15, -0.1) is 0 Å². The minimum Gasteiger partial charge on any atom is -0.460 e. The van der Waals surface area contributed by atoms with Crippen molar-refractivity contribution >= 4 is 15.8 Å². The molecule has 2 aromatic carbocycles. The van der Waals surface area contributed by atoms with Gasteiger partial charge >= 0.3 is 5.97 Å². The molecule has 0 spiro atoms. The Labute approximate surface area is 173 Å². The maximum atomic E-state index is 12.5. The second-order valence-electron chi connectivity index (χ2n) is 8.20. The Balaban J connectivity index is 1.62. The third-order valence-electron chi connectivity index (χ3n) is 5.51. The molecule has 0 saturated carbocycles. The fourth-order valence-corrected chi connectivity index (χ4v) is 4.62. The van der Waals surface area contributed by atoms with Gasteiger partial charge < -0.3 is 4.74 Å². The first kappa shape index (κ1) is 21.5. The molecule has 1 fully saturated rings. The molecule has 1 saturated heterocycles. The van der Waals surface area contributed by atoms with Crippen molar-refractivity contribution < 1.29 is 17.9 Å². The van der Waals surface area contributed by atoms with Crippen molar-refractivity contribution in [2.75, 3.05) is 19.4 Å². The van der Waals surface area contributed by atoms with Gasteiger partial charge in [0.05, 0.1) is 16.9 Å². The van der Waals surface area contributed by atoms with Gasteiger partial charge in [0.25, 0.3) is 0 Å². The molecule has 1 heterocycles. The van der Waals surface area contributed by atoms with Crippen LogP contribution in [0.3, 0.4) is 0 Å². The van der Waals surface area contributed by atoms with Crippen LogP contribution in [0, 0.1) is 0 Å². The minimum atomic E-state index is -3.10. The zero-order valence-electron chi connectivity index (χ0n) is 17.1. The summed E-state index contributed by atoms with van der Waals surface area (Å²) in [5.74, 6) is -0.406. The van der Waals surface area contributed by atoms with Gasteiger partial charge in [0, 0.05) is 12.8 Å². The molecule has 1 atom stereocenters. The van der Waals surface area contributed by atoms with E-state index < -0.39 is 9.84 Å². The van der Waals surface area contributed by atoms with E-state index in [1.54, 1.807) is 24.3 Å². The molecule has 29 heavy (non-hydrogen) atoms. The predicted octanol–water partition coefficient (Wildman–Crippen LogP) is 3.83. The van der Waals surface area contributed by atoms with E-state index in [1.165, 1.54) is 11.8 Å². The smallest absolute Gasteiger partial charge is 0.338 e. The van der Waals surface area contributed by atoms with Crippen LogP contribution in [0.4, 0.5) is 0 Å². The number of esters is 1. The van der Waals surface area contributed by atoms with E-state index in [-0.39, 0.29) is 17.3 Å². The number of likely N-dealkylation sites (tertiary alicyclic amines) is 1. The molecule has 3 rings (SSSR count). The number of hydrogen-bond acceptors (Lipinski definition) is 5. The quantitative estimate of drug-likeness (QED) is 0.643. The Morgan fingerprint density at radius 1 is 1.03 bits per heavy atom. The Hall–Kier alpha value is -2.18. The summed E-state index contributed by atoms with van der Waals surface area (Å²) in [6, 6.07) is 17.0. The standard InChI is InChI=1S/C23H29NO4S/c1-23(14-6-7-15-24(23)16-19-8-4-3-5-9-19)18-28-22(25)21-12-10-20(11-13-21)17-29(2,26)27/h3-5,8-13H,6-7,14-18H2,1-2H3. The lowest BCUT2D eigenvalue weighted by Gasteiger charge is -2.44. The van der Waals surface area contributed by atoms with E-state index in [0.29, 0.717) is 17.7 Å². The maximum absolute atomic E-state index is 12.5. The van der Waals surface area contributed by atoms with Gasteiger partial charge in [-0.25, -0.2) is 13.2 Å². The number of nitrogens with zero attached hydrogens (tertiary/aromatic N) is 1. The molecule has 0 amide bonds. The summed E-state index contributed by atoms with van der Waals surface area (Å²) in [5, 5.41) is 0. The third-order valence-corrected chi connectivity index (χ3v) is 6.36. The molecule has 0 aromatic heterocycles. The second kappa shape index (κ2) is 9.09. The van der Waals surface area contributed by atoms with Gasteiger partial charge in [-0.1, -0.05) is 48.9 Å². The first-order chi connectivity index (χ1) is 13.8. The van der Waals surface area contributed by atoms with E-state index in [2.05, 4.69) is 24.0 Å². The largest absolute Gasteiger partial charge is 0.460 e. The topological polar surface area (TPSA) is 63.7 Å². The molecule has 0 N–H and O–H groups in total. The summed E-state index contributed by atoms with van der Waals surface area (Å²) in [5.41, 5.74) is 2.17. The fourth-order valence-electron chi connectivity index (χ4n) is 3.82. The average molecular weight is 416 g/mol. The van der Waals surface area contributed by atoms with Crippen LogP contribution in [0.2, 0.25) is 0 Å². The number of ether oxygens (including phenoxy) is 1. The molecule has 1 aliphatic rings. The van der Waals surface area contributed by atoms with Crippen molar-refractivity contribution in [2.24, 2.45) is 0 Å². The monoisotopic (exact) mass is 415 g/mol. The highest BCUT2D eigenvalue weighted by molar-refractivity contribution is 7.89. The summed E-state index contributed by atoms with van der Waals surface area (Å²) >= 11 is 0. The number of rotatable bonds is 7. The van der Waals surface area contributed by atoms with Crippen molar-refractivity contribution in [1.29, 1.82) is 0 Å². The number of sulfone groups is 1. The Bertz CT molecular complexity index is 925. The molecule has 1 aliphatic heterocycles. The van der Waals surface area contributed by atoms with E-state index in [9.17, 15) is 13.2 Å². The van der Waals surface area contributed by atoms with Gasteiger partial charge in [-0.05, 0) is 49.6 Å². The van der Waals surface area contributed by atoms with Crippen molar-refractivity contribution in [3.05, 3.63) is 71.3 Å². The second-order valence-corrected chi connectivity index (χ2v) is 10.3. The fraction of sp³-hybridized carbons (Fsp3) is 0.435. The number of carbonyl (C=O) groups is 1. The normalized spacial score (nSPS) is 20.3. The molecule has 156 valence electrons. The lowest BCUT2D eigenvalue weighted by molar-refractivity contribution is -0.0150. The lowest BCUT2D eigenvalue weighted by atomic mass is 9.88. The Kier molecular flexibility index (Phi) is 6.75. The van der Waals surface area contributed by atoms with Crippen LogP contribution < -0.4 is 0 Å². The van der Waals surface area contributed by atoms with Crippen molar-refractivity contribution in [3.63, 3.8) is 0 Å². The van der Waals surface area contributed by atoms with Crippen molar-refractivity contribution in [3.8, 4) is 0 Å². The van der Waals surface area contributed by atoms with Crippen LogP contribution in [-0.4, -0.2) is 44.2 Å². The minimum absolute atomic E-state index is 0.0329. The molecule has 0 radical (unpaired) electrons. The highest BCUT2D eigenvalue weighted by Crippen LogP contribution is 2.30. The molecule has 6 heteroatoms. The van der Waals surface area contributed by atoms with Crippen LogP contribution in [0.5, 0.6) is 0 Å². The molecule has 0 aliphatic carbocycles. The van der Waals surface area contributed by atoms with Crippen LogP contribution in [0.15, 0.2) is 54.6 Å². The van der Waals surface area contributed by atoms with E-state index in [1.807, 2.05) is 18.2 Å². The van der Waals surface area contributed by atoms with Crippen LogP contribution >= 0.6 is 0 Å². The van der Waals surface area contributed by atoms with E-state index in [4.69, 9.17) is 4.74 Å². The molecule has 1 unspecified atom stereocenters. The summed E-state index contributed by atoms with van der Waals surface area (Å²) in [6.45, 7) is 4.33. The maximum Gasteiger partial charge on any atom is 0.338 e. The SMILES string of the molecule is CC1(COC(=O)c2ccc(CS(C)(=O)=O)cc2)CCCCN1Cc1ccccc1. The van der Waals surface area contributed by atoms with Gasteiger partial charge in [0.2, 0.25) is 0 Å². The molecular formula is C23H29NO4S. The summed E-state index contributed by atoms with van der Waals surface area (Å²) in [7, 11) is -3.10. The van der Waals surface area contributed by atoms with Gasteiger partial charge in [-0.2, -0.15) is 0 Å². The Morgan fingerprint density at radius 3 is 2.38 bits per heavy atom. The highest BCUT2D eigenvalue weighted by atomic mass is 32.2. The van der Waals surface area contributed by atoms with E-state index >= 15 is 0 Å². The zero-order valence-corrected chi connectivity index (χ0v) is 18.0. The summed E-state index contributed by atoms with van der Waals surface area (Å²) in [6.07, 6.45) is 4.46. The van der Waals surface area contributed by atoms with E-state index in [0.717, 1.165) is 32.4 Å². The molecule has 0 bridgehead atoms. The first-order valence-electron chi connectivity index (χ1n) is 9.98. The average Bonchev–Trinajstić information content (AvgIpc) is 2.68. The third kappa shape index (κ3) is 6.15. The molecule has 5 nitrogen and oxygen atoms in total. The van der Waals surface area contributed by atoms with Crippen LogP contribution in [0.1, 0.15) is 47.7 Å². The highest BCUT2D eigenvalue weighted by Gasteiger charge is 2.35. The number of benzene rings is 2. The van der Waals surface area contributed by atoms with Crippen molar-refractivity contribution in [2.45, 2.75) is 44.0 Å². The predicted molar refractivity (Wildman–Crippen MR) is 114 cm³/mol.